The van der Waals surface area contributed by atoms with E-state index in [1.54, 1.807) is 0 Å². The highest BCUT2D eigenvalue weighted by Crippen LogP contribution is 2.34. The first-order valence-electron chi connectivity index (χ1n) is 9.60. The molecule has 1 spiro atoms. The highest BCUT2D eigenvalue weighted by Gasteiger charge is 2.45. The Bertz CT molecular complexity index is 385. The van der Waals surface area contributed by atoms with Crippen LogP contribution in [0.15, 0.2) is 0 Å². The van der Waals surface area contributed by atoms with Crippen LogP contribution in [0.3, 0.4) is 0 Å². The first kappa shape index (κ1) is 17.4. The lowest BCUT2D eigenvalue weighted by molar-refractivity contribution is -0.115. The summed E-state index contributed by atoms with van der Waals surface area (Å²) in [6, 6.07) is 0.730. The molecule has 0 aromatic heterocycles. The van der Waals surface area contributed by atoms with Crippen molar-refractivity contribution < 1.29 is 4.79 Å². The van der Waals surface area contributed by atoms with Crippen LogP contribution in [-0.2, 0) is 4.79 Å². The summed E-state index contributed by atoms with van der Waals surface area (Å²) in [7, 11) is 2.18. The number of hydrogen-bond acceptors (Lipinski definition) is 4. The molecule has 23 heavy (non-hydrogen) atoms. The SMILES string of the molecule is CC(C)C1CCN(C2CC(C=O)C2)CC1.CN1CC2(CNC2)C1. The second kappa shape index (κ2) is 7.20. The Kier molecular flexibility index (Phi) is 5.44. The molecule has 3 aliphatic heterocycles. The second-order valence-corrected chi connectivity index (χ2v) is 8.91. The average Bonchev–Trinajstić information content (AvgIpc) is 2.42. The van der Waals surface area contributed by atoms with Crippen LogP contribution >= 0.6 is 0 Å². The van der Waals surface area contributed by atoms with Gasteiger partial charge in [0.25, 0.3) is 0 Å². The molecule has 0 bridgehead atoms. The molecule has 0 aromatic carbocycles. The van der Waals surface area contributed by atoms with Gasteiger partial charge in [0.05, 0.1) is 0 Å². The number of carbonyl (C=O) groups excluding carboxylic acids is 1. The zero-order chi connectivity index (χ0) is 16.4. The van der Waals surface area contributed by atoms with Gasteiger partial charge in [0, 0.05) is 43.6 Å². The molecule has 0 aromatic rings. The number of rotatable bonds is 3. The molecule has 0 radical (unpaired) electrons. The quantitative estimate of drug-likeness (QED) is 0.805. The van der Waals surface area contributed by atoms with Gasteiger partial charge in [-0.05, 0) is 57.7 Å². The van der Waals surface area contributed by atoms with Gasteiger partial charge in [-0.15, -0.1) is 0 Å². The van der Waals surface area contributed by atoms with Crippen molar-refractivity contribution in [3.8, 4) is 0 Å². The Morgan fingerprint density at radius 3 is 2.09 bits per heavy atom. The Balaban J connectivity index is 0.000000162. The predicted octanol–water partition coefficient (Wildman–Crippen LogP) is 1.85. The lowest BCUT2D eigenvalue weighted by Gasteiger charge is -2.55. The summed E-state index contributed by atoms with van der Waals surface area (Å²) >= 11 is 0. The summed E-state index contributed by atoms with van der Waals surface area (Å²) in [6.45, 7) is 12.4. The Hall–Kier alpha value is -0.450. The van der Waals surface area contributed by atoms with Gasteiger partial charge in [-0.2, -0.15) is 0 Å². The van der Waals surface area contributed by atoms with E-state index in [4.69, 9.17) is 0 Å². The van der Waals surface area contributed by atoms with Gasteiger partial charge in [0.15, 0.2) is 0 Å². The molecule has 0 amide bonds. The van der Waals surface area contributed by atoms with Crippen molar-refractivity contribution in [3.63, 3.8) is 0 Å². The van der Waals surface area contributed by atoms with Crippen LogP contribution in [0.25, 0.3) is 0 Å². The van der Waals surface area contributed by atoms with Crippen molar-refractivity contribution in [3.05, 3.63) is 0 Å². The molecular formula is C19H35N3O. The maximum Gasteiger partial charge on any atom is 0.123 e. The molecule has 3 heterocycles. The monoisotopic (exact) mass is 321 g/mol. The van der Waals surface area contributed by atoms with Gasteiger partial charge >= 0.3 is 0 Å². The summed E-state index contributed by atoms with van der Waals surface area (Å²) in [5, 5.41) is 3.30. The third-order valence-corrected chi connectivity index (χ3v) is 6.59. The number of nitrogens with zero attached hydrogens (tertiary/aromatic N) is 2. The highest BCUT2D eigenvalue weighted by atomic mass is 16.1. The van der Waals surface area contributed by atoms with Crippen LogP contribution in [0, 0.1) is 23.2 Å². The Labute approximate surface area is 142 Å². The smallest absolute Gasteiger partial charge is 0.123 e. The van der Waals surface area contributed by atoms with E-state index in [0.29, 0.717) is 5.92 Å². The lowest BCUT2D eigenvalue weighted by atomic mass is 9.75. The van der Waals surface area contributed by atoms with Gasteiger partial charge in [-0.25, -0.2) is 0 Å². The fraction of sp³-hybridized carbons (Fsp3) is 0.947. The van der Waals surface area contributed by atoms with Gasteiger partial charge < -0.3 is 19.9 Å². The highest BCUT2D eigenvalue weighted by molar-refractivity contribution is 5.55. The van der Waals surface area contributed by atoms with Gasteiger partial charge in [0.2, 0.25) is 0 Å². The molecule has 0 atom stereocenters. The molecule has 4 aliphatic rings. The molecule has 132 valence electrons. The summed E-state index contributed by atoms with van der Waals surface area (Å²) < 4.78 is 0. The minimum atomic E-state index is 0.373. The number of piperidine rings is 1. The molecular weight excluding hydrogens is 286 g/mol. The fourth-order valence-corrected chi connectivity index (χ4v) is 4.79. The number of likely N-dealkylation sites (tertiary alicyclic amines) is 2. The van der Waals surface area contributed by atoms with Crippen LogP contribution in [0.4, 0.5) is 0 Å². The van der Waals surface area contributed by atoms with Crippen molar-refractivity contribution in [2.75, 3.05) is 46.3 Å². The second-order valence-electron chi connectivity index (χ2n) is 8.91. The fourth-order valence-electron chi connectivity index (χ4n) is 4.79. The van der Waals surface area contributed by atoms with Crippen molar-refractivity contribution in [1.82, 2.24) is 15.1 Å². The van der Waals surface area contributed by atoms with Crippen LogP contribution in [0.5, 0.6) is 0 Å². The number of carbonyl (C=O) groups is 1. The maximum atomic E-state index is 10.5. The van der Waals surface area contributed by atoms with E-state index < -0.39 is 0 Å². The molecule has 4 heteroatoms. The molecule has 4 rings (SSSR count). The Morgan fingerprint density at radius 1 is 1.13 bits per heavy atom. The number of aldehydes is 1. The maximum absolute atomic E-state index is 10.5. The molecule has 3 saturated heterocycles. The third kappa shape index (κ3) is 3.97. The summed E-state index contributed by atoms with van der Waals surface area (Å²) in [5.74, 6) is 2.15. The number of hydrogen-bond donors (Lipinski definition) is 1. The first-order valence-corrected chi connectivity index (χ1v) is 9.60. The van der Waals surface area contributed by atoms with Gasteiger partial charge in [-0.3, -0.25) is 0 Å². The topological polar surface area (TPSA) is 35.6 Å². The third-order valence-electron chi connectivity index (χ3n) is 6.59. The minimum Gasteiger partial charge on any atom is -0.315 e. The first-order chi connectivity index (χ1) is 11.0. The van der Waals surface area contributed by atoms with Gasteiger partial charge in [-0.1, -0.05) is 13.8 Å². The summed E-state index contributed by atoms with van der Waals surface area (Å²) in [5.41, 5.74) is 0.731. The molecule has 4 nitrogen and oxygen atoms in total. The van der Waals surface area contributed by atoms with E-state index in [1.165, 1.54) is 52.1 Å². The molecule has 4 fully saturated rings. The molecule has 1 saturated carbocycles. The Morgan fingerprint density at radius 2 is 1.74 bits per heavy atom. The lowest BCUT2D eigenvalue weighted by Crippen LogP contribution is -2.69. The average molecular weight is 322 g/mol. The van der Waals surface area contributed by atoms with Crippen LogP contribution in [0.1, 0.15) is 39.5 Å². The molecule has 0 unspecified atom stereocenters. The van der Waals surface area contributed by atoms with E-state index >= 15 is 0 Å². The number of nitrogens with one attached hydrogen (secondary N) is 1. The molecule has 1 aliphatic carbocycles. The van der Waals surface area contributed by atoms with Crippen molar-refractivity contribution in [2.45, 2.75) is 45.6 Å². The molecule has 1 N–H and O–H groups in total. The predicted molar refractivity (Wildman–Crippen MR) is 94.5 cm³/mol. The van der Waals surface area contributed by atoms with Crippen LogP contribution < -0.4 is 5.32 Å². The van der Waals surface area contributed by atoms with E-state index in [9.17, 15) is 4.79 Å². The van der Waals surface area contributed by atoms with Crippen molar-refractivity contribution in [1.29, 1.82) is 0 Å². The zero-order valence-corrected chi connectivity index (χ0v) is 15.3. The summed E-state index contributed by atoms with van der Waals surface area (Å²) in [6.07, 6.45) is 6.10. The largest absolute Gasteiger partial charge is 0.315 e. The zero-order valence-electron chi connectivity index (χ0n) is 15.3. The van der Waals surface area contributed by atoms with Crippen molar-refractivity contribution in [2.24, 2.45) is 23.2 Å². The van der Waals surface area contributed by atoms with E-state index in [-0.39, 0.29) is 0 Å². The van der Waals surface area contributed by atoms with Crippen LogP contribution in [0.2, 0.25) is 0 Å². The van der Waals surface area contributed by atoms with E-state index in [2.05, 4.69) is 36.0 Å². The normalized spacial score (nSPS) is 34.1. The van der Waals surface area contributed by atoms with E-state index in [1.807, 2.05) is 0 Å². The van der Waals surface area contributed by atoms with E-state index in [0.717, 1.165) is 42.4 Å². The van der Waals surface area contributed by atoms with Crippen LogP contribution in [-0.4, -0.2) is 68.4 Å². The van der Waals surface area contributed by atoms with Crippen molar-refractivity contribution >= 4 is 6.29 Å². The van der Waals surface area contributed by atoms with Gasteiger partial charge in [0.1, 0.15) is 6.29 Å². The summed E-state index contributed by atoms with van der Waals surface area (Å²) in [4.78, 5) is 15.5. The standard InChI is InChI=1S/C13H23NO.C6H12N2/c1-10(2)12-3-5-14(6-4-12)13-7-11(8-13)9-15;1-8-4-6(5-8)2-7-3-6/h9-13H,3-8H2,1-2H3;7H,2-5H2,1H3. The minimum absolute atomic E-state index is 0.373.